The maximum absolute atomic E-state index is 15.1. The summed E-state index contributed by atoms with van der Waals surface area (Å²) in [5.41, 5.74) is -2.26. The van der Waals surface area contributed by atoms with E-state index in [0.717, 1.165) is 28.1 Å². The lowest BCUT2D eigenvalue weighted by Gasteiger charge is -2.47. The molecular weight excluding hydrogens is 721 g/mol. The van der Waals surface area contributed by atoms with Crippen molar-refractivity contribution in [2.75, 3.05) is 13.1 Å². The first-order valence-corrected chi connectivity index (χ1v) is 20.6. The number of aliphatic hydroxyl groups is 2. The van der Waals surface area contributed by atoms with E-state index in [9.17, 15) is 28.6 Å². The first-order chi connectivity index (χ1) is 25.9. The predicted molar refractivity (Wildman–Crippen MR) is 208 cm³/mol. The van der Waals surface area contributed by atoms with Gasteiger partial charge in [0.15, 0.2) is 23.0 Å². The number of thiophene rings is 1. The number of halogens is 2. The molecular formula is C45H53F2NO6S. The van der Waals surface area contributed by atoms with E-state index in [1.807, 2.05) is 50.4 Å². The lowest BCUT2D eigenvalue weighted by molar-refractivity contribution is -0.177. The number of esters is 1. The highest BCUT2D eigenvalue weighted by molar-refractivity contribution is 7.09. The molecule has 5 aliphatic rings. The summed E-state index contributed by atoms with van der Waals surface area (Å²) in [7, 11) is 0. The molecule has 7 nitrogen and oxygen atoms in total. The Morgan fingerprint density at radius 3 is 2.44 bits per heavy atom. The first kappa shape index (κ1) is 39.5. The molecule has 4 aliphatic carbocycles. The smallest absolute Gasteiger partial charge is 0.313 e. The Labute approximate surface area is 326 Å². The van der Waals surface area contributed by atoms with Crippen molar-refractivity contribution in [1.29, 1.82) is 0 Å². The molecule has 55 heavy (non-hydrogen) atoms. The third-order valence-electron chi connectivity index (χ3n) is 14.5. The van der Waals surface area contributed by atoms with Gasteiger partial charge in [-0.25, -0.2) is 8.78 Å². The normalized spacial score (nSPS) is 31.4. The van der Waals surface area contributed by atoms with Crippen LogP contribution in [0.1, 0.15) is 124 Å². The van der Waals surface area contributed by atoms with Gasteiger partial charge in [0.2, 0.25) is 0 Å². The number of fused-ring (bicyclic) bond motifs is 10. The van der Waals surface area contributed by atoms with Crippen molar-refractivity contribution in [2.45, 2.75) is 122 Å². The predicted octanol–water partition coefficient (Wildman–Crippen LogP) is 8.49. The van der Waals surface area contributed by atoms with Gasteiger partial charge in [-0.1, -0.05) is 50.6 Å². The van der Waals surface area contributed by atoms with E-state index < -0.39 is 51.0 Å². The highest BCUT2D eigenvalue weighted by Crippen LogP contribution is 2.66. The van der Waals surface area contributed by atoms with Gasteiger partial charge in [-0.2, -0.15) is 0 Å². The van der Waals surface area contributed by atoms with E-state index >= 15 is 4.79 Å². The van der Waals surface area contributed by atoms with Gasteiger partial charge in [-0.3, -0.25) is 14.4 Å². The highest BCUT2D eigenvalue weighted by Gasteiger charge is 2.76. The van der Waals surface area contributed by atoms with Crippen molar-refractivity contribution >= 4 is 29.0 Å². The Bertz CT molecular complexity index is 2030. The molecule has 1 saturated heterocycles. The number of ether oxygens (including phenoxy) is 1. The minimum Gasteiger partial charge on any atom is -0.448 e. The van der Waals surface area contributed by atoms with Crippen LogP contribution >= 0.6 is 11.3 Å². The molecule has 2 N–H and O–H groups in total. The molecule has 0 spiro atoms. The molecule has 3 fully saturated rings. The summed E-state index contributed by atoms with van der Waals surface area (Å²) in [5.74, 6) is -3.61. The topological polar surface area (TPSA) is 104 Å². The number of ketones is 1. The molecule has 8 rings (SSSR count). The van der Waals surface area contributed by atoms with Crippen molar-refractivity contribution in [1.82, 2.24) is 4.90 Å². The van der Waals surface area contributed by atoms with Crippen molar-refractivity contribution in [3.05, 3.63) is 104 Å². The van der Waals surface area contributed by atoms with Crippen LogP contribution in [0.5, 0.6) is 0 Å². The van der Waals surface area contributed by atoms with Gasteiger partial charge >= 0.3 is 5.97 Å². The lowest BCUT2D eigenvalue weighted by Crippen LogP contribution is -2.60. The van der Waals surface area contributed by atoms with Crippen LogP contribution in [0, 0.1) is 27.9 Å². The number of hydrogen-bond donors (Lipinski definition) is 2. The molecule has 3 aromatic rings. The molecule has 1 amide bonds. The number of nitrogens with zero attached hydrogens (tertiary/aromatic N) is 1. The van der Waals surface area contributed by atoms with Crippen molar-refractivity contribution < 1.29 is 38.1 Å². The van der Waals surface area contributed by atoms with E-state index in [4.69, 9.17) is 4.74 Å². The SMILES string of the molecule is CC1=CCC[C@@]2(C)[C@@H](CC[C@@]2(O)CN(CCc2cccs2)C(=O)[C@@]23CC[C@@](C)(C(=O)O2)C3(C)C)c2ccc(cc2C(=O)c2ccc(F)c(F)c2)C[C@@H](O)CC1. The van der Waals surface area contributed by atoms with Crippen LogP contribution in [-0.2, 0) is 27.2 Å². The number of allylic oxidation sites excluding steroid dienone is 2. The molecule has 6 atom stereocenters. The zero-order chi connectivity index (χ0) is 39.6. The van der Waals surface area contributed by atoms with Crippen LogP contribution in [-0.4, -0.2) is 63.2 Å². The monoisotopic (exact) mass is 773 g/mol. The van der Waals surface area contributed by atoms with Crippen LogP contribution in [0.25, 0.3) is 0 Å². The summed E-state index contributed by atoms with van der Waals surface area (Å²) < 4.78 is 34.6. The summed E-state index contributed by atoms with van der Waals surface area (Å²) in [6.45, 7) is 10.2. The van der Waals surface area contributed by atoms with Crippen molar-refractivity contribution in [2.24, 2.45) is 16.2 Å². The number of carbonyl (C=O) groups excluding carboxylic acids is 3. The largest absolute Gasteiger partial charge is 0.448 e. The van der Waals surface area contributed by atoms with Crippen LogP contribution in [0.2, 0.25) is 0 Å². The average molecular weight is 774 g/mol. The second-order valence-corrected chi connectivity index (χ2v) is 18.7. The fourth-order valence-electron chi connectivity index (χ4n) is 10.2. The van der Waals surface area contributed by atoms with E-state index in [1.54, 1.807) is 22.3 Å². The Morgan fingerprint density at radius 1 is 0.982 bits per heavy atom. The van der Waals surface area contributed by atoms with E-state index in [2.05, 4.69) is 19.9 Å². The lowest BCUT2D eigenvalue weighted by atomic mass is 9.64. The molecule has 294 valence electrons. The average Bonchev–Trinajstić information content (AvgIpc) is 3.84. The number of hydrogen-bond acceptors (Lipinski definition) is 7. The fraction of sp³-hybridized carbons (Fsp3) is 0.533. The van der Waals surface area contributed by atoms with Crippen LogP contribution < -0.4 is 0 Å². The maximum Gasteiger partial charge on any atom is 0.313 e. The first-order valence-electron chi connectivity index (χ1n) is 19.7. The molecule has 2 heterocycles. The zero-order valence-electron chi connectivity index (χ0n) is 32.6. The van der Waals surface area contributed by atoms with Crippen molar-refractivity contribution in [3.63, 3.8) is 0 Å². The minimum absolute atomic E-state index is 0.00868. The maximum atomic E-state index is 15.1. The van der Waals surface area contributed by atoms with Crippen LogP contribution in [0.3, 0.4) is 0 Å². The quantitative estimate of drug-likeness (QED) is 0.135. The molecule has 2 saturated carbocycles. The van der Waals surface area contributed by atoms with Crippen molar-refractivity contribution in [3.8, 4) is 0 Å². The summed E-state index contributed by atoms with van der Waals surface area (Å²) in [6, 6.07) is 12.7. The Kier molecular flexibility index (Phi) is 10.3. The number of rotatable bonds is 8. The van der Waals surface area contributed by atoms with Gasteiger partial charge in [0, 0.05) is 33.4 Å². The van der Waals surface area contributed by atoms with Crippen LogP contribution in [0.4, 0.5) is 8.78 Å². The third kappa shape index (κ3) is 6.50. The second-order valence-electron chi connectivity index (χ2n) is 17.6. The Hall–Kier alpha value is -3.73. The van der Waals surface area contributed by atoms with Gasteiger partial charge in [0.1, 0.15) is 0 Å². The van der Waals surface area contributed by atoms with Gasteiger partial charge in [0.25, 0.3) is 5.91 Å². The number of benzene rings is 2. The fourth-order valence-corrected chi connectivity index (χ4v) is 10.9. The molecule has 2 aromatic carbocycles. The number of aliphatic hydroxyl groups excluding tert-OH is 1. The molecule has 4 bridgehead atoms. The summed E-state index contributed by atoms with van der Waals surface area (Å²) >= 11 is 1.60. The highest BCUT2D eigenvalue weighted by atomic mass is 32.1. The molecule has 1 aliphatic heterocycles. The van der Waals surface area contributed by atoms with Gasteiger partial charge in [-0.15, -0.1) is 11.3 Å². The Morgan fingerprint density at radius 2 is 1.76 bits per heavy atom. The zero-order valence-corrected chi connectivity index (χ0v) is 33.4. The standard InChI is InChI=1S/C45H53F2NO6S/c1-28-8-6-18-42(4)35(33-14-11-29(24-31(49)13-10-28)25-34(33)38(50)30-12-15-36(46)37(47)26-30)16-19-44(42,53)27-48(22-17-32-9-7-23-55-32)39(51)45-21-20-43(5,40(52)54-45)41(45,2)3/h7-9,11-12,14-15,23,25-26,31,35,49,53H,6,10,13,16-22,24,27H2,1-5H3/t31-,35-,42-,43-,44+,45+/m0/s1. The van der Waals surface area contributed by atoms with E-state index in [1.165, 1.54) is 6.07 Å². The number of carbonyl (C=O) groups is 3. The second kappa shape index (κ2) is 14.3. The van der Waals surface area contributed by atoms with E-state index in [0.29, 0.717) is 81.9 Å². The van der Waals surface area contributed by atoms with Gasteiger partial charge < -0.3 is 19.8 Å². The van der Waals surface area contributed by atoms with Gasteiger partial charge in [0.05, 0.1) is 23.7 Å². The molecule has 1 aromatic heterocycles. The summed E-state index contributed by atoms with van der Waals surface area (Å²) in [6.07, 6.45) is 6.59. The van der Waals surface area contributed by atoms with Crippen LogP contribution in [0.15, 0.2) is 65.6 Å². The van der Waals surface area contributed by atoms with E-state index in [-0.39, 0.29) is 29.9 Å². The Balaban J connectivity index is 1.31. The summed E-state index contributed by atoms with van der Waals surface area (Å²) in [5, 5.41) is 26.2. The third-order valence-corrected chi connectivity index (χ3v) is 15.4. The minimum atomic E-state index is -1.41. The molecule has 10 heteroatoms. The molecule has 0 radical (unpaired) electrons. The summed E-state index contributed by atoms with van der Waals surface area (Å²) in [4.78, 5) is 45.6. The van der Waals surface area contributed by atoms with Gasteiger partial charge in [-0.05, 0) is 131 Å². The molecule has 0 unspecified atom stereocenters. The number of amides is 1.